The van der Waals surface area contributed by atoms with Crippen LogP contribution in [0.3, 0.4) is 0 Å². The first-order valence-corrected chi connectivity index (χ1v) is 10.3. The van der Waals surface area contributed by atoms with Crippen molar-refractivity contribution in [2.24, 2.45) is 0 Å². The second-order valence-corrected chi connectivity index (χ2v) is 8.24. The van der Waals surface area contributed by atoms with Gasteiger partial charge in [-0.3, -0.25) is 0 Å². The Labute approximate surface area is 174 Å². The first kappa shape index (κ1) is 17.5. The molecule has 0 radical (unpaired) electrons. The van der Waals surface area contributed by atoms with E-state index >= 15 is 0 Å². The maximum absolute atomic E-state index is 12.9. The predicted octanol–water partition coefficient (Wildman–Crippen LogP) is 4.92. The third-order valence-corrected chi connectivity index (χ3v) is 6.26. The molecule has 6 rings (SSSR count). The molecule has 0 bridgehead atoms. The van der Waals surface area contributed by atoms with Crippen LogP contribution in [0, 0.1) is 0 Å². The molecule has 0 N–H and O–H groups in total. The average Bonchev–Trinajstić information content (AvgIpc) is 2.78. The summed E-state index contributed by atoms with van der Waals surface area (Å²) in [5, 5.41) is 2.47. The number of nitrogens with zero attached hydrogens (tertiary/aromatic N) is 2. The van der Waals surface area contributed by atoms with E-state index in [1.54, 1.807) is 0 Å². The summed E-state index contributed by atoms with van der Waals surface area (Å²) in [6, 6.07) is 18.6. The fourth-order valence-electron chi connectivity index (χ4n) is 4.79. The Balaban J connectivity index is 1.69. The normalized spacial score (nSPS) is 17.5. The molecule has 0 amide bonds. The van der Waals surface area contributed by atoms with E-state index in [-0.39, 0.29) is 11.9 Å². The summed E-state index contributed by atoms with van der Waals surface area (Å²) >= 11 is 0. The second-order valence-electron chi connectivity index (χ2n) is 8.24. The van der Waals surface area contributed by atoms with Crippen molar-refractivity contribution in [3.05, 3.63) is 70.6 Å². The highest BCUT2D eigenvalue weighted by molar-refractivity contribution is 6.08. The van der Waals surface area contributed by atoms with Gasteiger partial charge in [-0.15, -0.1) is 0 Å². The SMILES string of the molecule is CN(C)c1ccc2c(c1)oc(=O)c1cc3c(cc12)-c1ccccc1N1CCCO[C@H]31. The zero-order valence-corrected chi connectivity index (χ0v) is 17.0. The number of hydrogen-bond acceptors (Lipinski definition) is 5. The summed E-state index contributed by atoms with van der Waals surface area (Å²) in [6.45, 7) is 1.67. The van der Waals surface area contributed by atoms with Crippen LogP contribution in [-0.2, 0) is 4.74 Å². The molecule has 150 valence electrons. The molecular weight excluding hydrogens is 376 g/mol. The molecule has 0 aliphatic carbocycles. The summed E-state index contributed by atoms with van der Waals surface area (Å²) in [7, 11) is 3.95. The highest BCUT2D eigenvalue weighted by atomic mass is 16.5. The van der Waals surface area contributed by atoms with Crippen molar-refractivity contribution in [1.29, 1.82) is 0 Å². The fourth-order valence-corrected chi connectivity index (χ4v) is 4.79. The lowest BCUT2D eigenvalue weighted by Gasteiger charge is -2.42. The molecule has 3 heterocycles. The van der Waals surface area contributed by atoms with Gasteiger partial charge in [0.15, 0.2) is 6.23 Å². The van der Waals surface area contributed by atoms with Gasteiger partial charge in [-0.1, -0.05) is 18.2 Å². The van der Waals surface area contributed by atoms with Crippen LogP contribution in [-0.4, -0.2) is 27.2 Å². The molecule has 3 aromatic carbocycles. The summed E-state index contributed by atoms with van der Waals surface area (Å²) in [6.07, 6.45) is 0.827. The van der Waals surface area contributed by atoms with E-state index in [1.807, 2.05) is 37.2 Å². The Morgan fingerprint density at radius 2 is 1.83 bits per heavy atom. The van der Waals surface area contributed by atoms with Gasteiger partial charge in [0, 0.05) is 60.0 Å². The van der Waals surface area contributed by atoms with E-state index in [4.69, 9.17) is 9.15 Å². The van der Waals surface area contributed by atoms with Crippen molar-refractivity contribution in [3.63, 3.8) is 0 Å². The van der Waals surface area contributed by atoms with Gasteiger partial charge in [-0.05, 0) is 42.3 Å². The number of benzene rings is 3. The van der Waals surface area contributed by atoms with Crippen molar-refractivity contribution in [2.75, 3.05) is 37.0 Å². The summed E-state index contributed by atoms with van der Waals surface area (Å²) in [4.78, 5) is 17.2. The Bertz CT molecular complexity index is 1370. The molecule has 0 unspecified atom stereocenters. The van der Waals surface area contributed by atoms with Gasteiger partial charge in [0.2, 0.25) is 0 Å². The summed E-state index contributed by atoms with van der Waals surface area (Å²) in [5.41, 5.74) is 5.84. The molecule has 2 aliphatic heterocycles. The minimum Gasteiger partial charge on any atom is -0.422 e. The highest BCUT2D eigenvalue weighted by Crippen LogP contribution is 2.47. The zero-order chi connectivity index (χ0) is 20.4. The van der Waals surface area contributed by atoms with Gasteiger partial charge >= 0.3 is 5.63 Å². The molecule has 30 heavy (non-hydrogen) atoms. The molecular formula is C25H22N2O3. The van der Waals surface area contributed by atoms with Gasteiger partial charge in [0.1, 0.15) is 5.58 Å². The van der Waals surface area contributed by atoms with Gasteiger partial charge < -0.3 is 19.0 Å². The van der Waals surface area contributed by atoms with Crippen LogP contribution in [0.5, 0.6) is 0 Å². The Morgan fingerprint density at radius 3 is 2.70 bits per heavy atom. The van der Waals surface area contributed by atoms with Gasteiger partial charge in [0.05, 0.1) is 12.0 Å². The Morgan fingerprint density at radius 1 is 0.967 bits per heavy atom. The lowest BCUT2D eigenvalue weighted by atomic mass is 9.88. The number of para-hydroxylation sites is 1. The largest absolute Gasteiger partial charge is 0.422 e. The summed E-state index contributed by atoms with van der Waals surface area (Å²) < 4.78 is 11.9. The molecule has 1 fully saturated rings. The zero-order valence-electron chi connectivity index (χ0n) is 17.0. The van der Waals surface area contributed by atoms with Crippen molar-refractivity contribution >= 4 is 33.1 Å². The molecule has 5 heteroatoms. The molecule has 0 spiro atoms. The molecule has 2 aliphatic rings. The monoisotopic (exact) mass is 398 g/mol. The molecule has 5 nitrogen and oxygen atoms in total. The quantitative estimate of drug-likeness (QED) is 0.336. The van der Waals surface area contributed by atoms with Crippen LogP contribution in [0.25, 0.3) is 32.9 Å². The Hall–Kier alpha value is -3.31. The third-order valence-electron chi connectivity index (χ3n) is 6.26. The van der Waals surface area contributed by atoms with Crippen LogP contribution < -0.4 is 15.4 Å². The minimum atomic E-state index is -0.308. The van der Waals surface area contributed by atoms with E-state index in [1.165, 1.54) is 11.3 Å². The molecule has 1 aromatic heterocycles. The van der Waals surface area contributed by atoms with Crippen LogP contribution in [0.15, 0.2) is 63.8 Å². The first-order valence-electron chi connectivity index (χ1n) is 10.3. The lowest BCUT2D eigenvalue weighted by Crippen LogP contribution is -2.39. The number of hydrogen-bond donors (Lipinski definition) is 0. The average molecular weight is 398 g/mol. The number of rotatable bonds is 1. The fraction of sp³-hybridized carbons (Fsp3) is 0.240. The van der Waals surface area contributed by atoms with E-state index in [2.05, 4.69) is 41.3 Å². The van der Waals surface area contributed by atoms with Gasteiger partial charge in [-0.2, -0.15) is 0 Å². The predicted molar refractivity (Wildman–Crippen MR) is 120 cm³/mol. The molecule has 1 saturated heterocycles. The van der Waals surface area contributed by atoms with E-state index < -0.39 is 0 Å². The number of anilines is 2. The van der Waals surface area contributed by atoms with E-state index in [9.17, 15) is 4.79 Å². The van der Waals surface area contributed by atoms with E-state index in [0.717, 1.165) is 47.2 Å². The van der Waals surface area contributed by atoms with Crippen LogP contribution >= 0.6 is 0 Å². The van der Waals surface area contributed by atoms with Gasteiger partial charge in [-0.25, -0.2) is 4.79 Å². The van der Waals surface area contributed by atoms with Crippen LogP contribution in [0.4, 0.5) is 11.4 Å². The van der Waals surface area contributed by atoms with Crippen molar-refractivity contribution in [1.82, 2.24) is 0 Å². The first-order chi connectivity index (χ1) is 14.6. The molecule has 4 aromatic rings. The smallest absolute Gasteiger partial charge is 0.344 e. The summed E-state index contributed by atoms with van der Waals surface area (Å²) in [5.74, 6) is 0. The van der Waals surface area contributed by atoms with Crippen molar-refractivity contribution in [2.45, 2.75) is 12.6 Å². The van der Waals surface area contributed by atoms with E-state index in [0.29, 0.717) is 11.0 Å². The third kappa shape index (κ3) is 2.42. The topological polar surface area (TPSA) is 45.9 Å². The molecule has 0 saturated carbocycles. The highest BCUT2D eigenvalue weighted by Gasteiger charge is 2.34. The van der Waals surface area contributed by atoms with Gasteiger partial charge in [0.25, 0.3) is 0 Å². The Kier molecular flexibility index (Phi) is 3.71. The van der Waals surface area contributed by atoms with Crippen LogP contribution in [0.2, 0.25) is 0 Å². The minimum absolute atomic E-state index is 0.167. The number of fused-ring (bicyclic) bond motifs is 9. The number of ether oxygens (including phenoxy) is 1. The lowest BCUT2D eigenvalue weighted by molar-refractivity contribution is 0.0243. The van der Waals surface area contributed by atoms with Crippen LogP contribution in [0.1, 0.15) is 18.2 Å². The standard InChI is InChI=1S/C25H22N2O3/c1-26(2)15-8-9-17-19-13-18-16-6-3-4-7-22(16)27-10-5-11-29-24(27)20(18)14-21(19)25(28)30-23(17)12-15/h3-4,6-9,12-14,24H,5,10-11H2,1-2H3/t24-/m1/s1. The van der Waals surface area contributed by atoms with Crippen molar-refractivity contribution < 1.29 is 9.15 Å². The maximum Gasteiger partial charge on any atom is 0.344 e. The second kappa shape index (κ2) is 6.34. The van der Waals surface area contributed by atoms with Crippen molar-refractivity contribution in [3.8, 4) is 11.1 Å². The maximum atomic E-state index is 12.9. The molecule has 1 atom stereocenters.